The number of rotatable bonds is 6. The van der Waals surface area contributed by atoms with Gasteiger partial charge in [0.25, 0.3) is 0 Å². The van der Waals surface area contributed by atoms with Crippen molar-refractivity contribution >= 4 is 23.5 Å². The van der Waals surface area contributed by atoms with Crippen molar-refractivity contribution in [1.29, 1.82) is 0 Å². The number of benzene rings is 1. The van der Waals surface area contributed by atoms with Crippen molar-refractivity contribution in [2.24, 2.45) is 5.92 Å². The summed E-state index contributed by atoms with van der Waals surface area (Å²) in [5.74, 6) is -1.17. The lowest BCUT2D eigenvalue weighted by atomic mass is 10.1. The van der Waals surface area contributed by atoms with Crippen molar-refractivity contribution in [2.45, 2.75) is 26.7 Å². The van der Waals surface area contributed by atoms with E-state index in [1.165, 1.54) is 18.2 Å². The van der Waals surface area contributed by atoms with Gasteiger partial charge < -0.3 is 14.8 Å². The first-order valence-corrected chi connectivity index (χ1v) is 7.35. The highest BCUT2D eigenvalue weighted by molar-refractivity contribution is 6.00. The second-order valence-corrected chi connectivity index (χ2v) is 5.00. The van der Waals surface area contributed by atoms with E-state index in [-0.39, 0.29) is 36.2 Å². The molecule has 1 amide bonds. The van der Waals surface area contributed by atoms with Crippen molar-refractivity contribution in [1.82, 2.24) is 0 Å². The van der Waals surface area contributed by atoms with Crippen LogP contribution < -0.4 is 5.32 Å². The Hall–Kier alpha value is -2.37. The SMILES string of the molecule is CCOC(=O)c1cc(NC(=O)C2CC2)cc(C(=O)OCC)c1. The summed E-state index contributed by atoms with van der Waals surface area (Å²) in [4.78, 5) is 35.6. The van der Waals surface area contributed by atoms with Gasteiger partial charge in [0.05, 0.1) is 24.3 Å². The van der Waals surface area contributed by atoms with E-state index in [0.29, 0.717) is 5.69 Å². The van der Waals surface area contributed by atoms with Gasteiger partial charge in [-0.1, -0.05) is 0 Å². The standard InChI is InChI=1S/C16H19NO5/c1-3-21-15(19)11-7-12(16(20)22-4-2)9-13(8-11)17-14(18)10-5-6-10/h7-10H,3-6H2,1-2H3,(H,17,18). The number of hydrogen-bond donors (Lipinski definition) is 1. The largest absolute Gasteiger partial charge is 0.462 e. The number of nitrogens with one attached hydrogen (secondary N) is 1. The van der Waals surface area contributed by atoms with E-state index >= 15 is 0 Å². The van der Waals surface area contributed by atoms with Crippen LogP contribution in [0.1, 0.15) is 47.4 Å². The molecule has 1 aromatic rings. The number of amides is 1. The molecule has 22 heavy (non-hydrogen) atoms. The van der Waals surface area contributed by atoms with Gasteiger partial charge in [-0.05, 0) is 44.9 Å². The number of ether oxygens (including phenoxy) is 2. The van der Waals surface area contributed by atoms with Crippen LogP contribution >= 0.6 is 0 Å². The first-order chi connectivity index (χ1) is 10.5. The minimum absolute atomic E-state index is 0.0253. The predicted octanol–water partition coefficient (Wildman–Crippen LogP) is 2.39. The number of anilines is 1. The zero-order valence-corrected chi connectivity index (χ0v) is 12.7. The summed E-state index contributed by atoms with van der Waals surface area (Å²) >= 11 is 0. The lowest BCUT2D eigenvalue weighted by molar-refractivity contribution is -0.117. The maximum atomic E-state index is 11.9. The normalized spacial score (nSPS) is 13.4. The van der Waals surface area contributed by atoms with Crippen molar-refractivity contribution in [2.75, 3.05) is 18.5 Å². The molecule has 1 saturated carbocycles. The van der Waals surface area contributed by atoms with Crippen molar-refractivity contribution in [3.05, 3.63) is 29.3 Å². The molecule has 1 aliphatic carbocycles. The summed E-state index contributed by atoms with van der Waals surface area (Å²) in [5.41, 5.74) is 0.808. The number of carbonyl (C=O) groups is 3. The fraction of sp³-hybridized carbons (Fsp3) is 0.438. The molecule has 0 unspecified atom stereocenters. The van der Waals surface area contributed by atoms with E-state index in [9.17, 15) is 14.4 Å². The summed E-state index contributed by atoms with van der Waals surface area (Å²) in [6, 6.07) is 4.41. The molecule has 0 radical (unpaired) electrons. The molecule has 0 heterocycles. The maximum absolute atomic E-state index is 11.9. The van der Waals surface area contributed by atoms with Gasteiger partial charge in [-0.2, -0.15) is 0 Å². The predicted molar refractivity (Wildman–Crippen MR) is 79.7 cm³/mol. The van der Waals surface area contributed by atoms with Gasteiger partial charge in [-0.3, -0.25) is 4.79 Å². The maximum Gasteiger partial charge on any atom is 0.338 e. The molecule has 1 N–H and O–H groups in total. The number of carbonyl (C=O) groups excluding carboxylic acids is 3. The molecule has 0 saturated heterocycles. The third-order valence-corrected chi connectivity index (χ3v) is 3.17. The third kappa shape index (κ3) is 4.07. The molecule has 0 spiro atoms. The van der Waals surface area contributed by atoms with Gasteiger partial charge in [-0.15, -0.1) is 0 Å². The van der Waals surface area contributed by atoms with Crippen LogP contribution in [0, 0.1) is 5.92 Å². The van der Waals surface area contributed by atoms with E-state index < -0.39 is 11.9 Å². The summed E-state index contributed by atoms with van der Waals surface area (Å²) in [6.07, 6.45) is 1.74. The van der Waals surface area contributed by atoms with Crippen LogP contribution in [0.15, 0.2) is 18.2 Å². The first kappa shape index (κ1) is 16.0. The average molecular weight is 305 g/mol. The summed E-state index contributed by atoms with van der Waals surface area (Å²) in [7, 11) is 0. The molecular weight excluding hydrogens is 286 g/mol. The Morgan fingerprint density at radius 1 is 1.00 bits per heavy atom. The summed E-state index contributed by atoms with van der Waals surface area (Å²) in [5, 5.41) is 2.72. The summed E-state index contributed by atoms with van der Waals surface area (Å²) in [6.45, 7) is 3.85. The van der Waals surface area contributed by atoms with E-state index in [1.54, 1.807) is 13.8 Å². The molecule has 0 bridgehead atoms. The van der Waals surface area contributed by atoms with Crippen molar-refractivity contribution < 1.29 is 23.9 Å². The highest BCUT2D eigenvalue weighted by Crippen LogP contribution is 2.30. The lowest BCUT2D eigenvalue weighted by Crippen LogP contribution is -2.16. The van der Waals surface area contributed by atoms with Gasteiger partial charge in [0, 0.05) is 11.6 Å². The molecule has 1 fully saturated rings. The monoisotopic (exact) mass is 305 g/mol. The quantitative estimate of drug-likeness (QED) is 0.816. The Kier molecular flexibility index (Phi) is 5.14. The van der Waals surface area contributed by atoms with E-state index in [0.717, 1.165) is 12.8 Å². The van der Waals surface area contributed by atoms with Crippen LogP contribution in [0.5, 0.6) is 0 Å². The highest BCUT2D eigenvalue weighted by atomic mass is 16.5. The Balaban J connectivity index is 2.27. The molecule has 118 valence electrons. The van der Waals surface area contributed by atoms with Crippen LogP contribution in [0.25, 0.3) is 0 Å². The van der Waals surface area contributed by atoms with Crippen LogP contribution in [-0.4, -0.2) is 31.1 Å². The van der Waals surface area contributed by atoms with Gasteiger partial charge in [0.1, 0.15) is 0 Å². The minimum atomic E-state index is -0.546. The first-order valence-electron chi connectivity index (χ1n) is 7.35. The van der Waals surface area contributed by atoms with Crippen LogP contribution in [0.4, 0.5) is 5.69 Å². The Bertz CT molecular complexity index is 556. The van der Waals surface area contributed by atoms with Crippen molar-refractivity contribution in [3.8, 4) is 0 Å². The molecule has 0 atom stereocenters. The number of hydrogen-bond acceptors (Lipinski definition) is 5. The Morgan fingerprint density at radius 2 is 1.50 bits per heavy atom. The van der Waals surface area contributed by atoms with Gasteiger partial charge in [-0.25, -0.2) is 9.59 Å². The molecule has 2 rings (SSSR count). The fourth-order valence-electron chi connectivity index (χ4n) is 1.95. The van der Waals surface area contributed by atoms with Gasteiger partial charge >= 0.3 is 11.9 Å². The molecule has 6 nitrogen and oxygen atoms in total. The van der Waals surface area contributed by atoms with Crippen LogP contribution in [-0.2, 0) is 14.3 Å². The van der Waals surface area contributed by atoms with E-state index in [4.69, 9.17) is 9.47 Å². The molecule has 6 heteroatoms. The third-order valence-electron chi connectivity index (χ3n) is 3.17. The lowest BCUT2D eigenvalue weighted by Gasteiger charge is -2.10. The molecule has 0 aliphatic heterocycles. The van der Waals surface area contributed by atoms with Gasteiger partial charge in [0.2, 0.25) is 5.91 Å². The molecule has 1 aromatic carbocycles. The summed E-state index contributed by atoms with van der Waals surface area (Å²) < 4.78 is 9.88. The second kappa shape index (κ2) is 7.06. The smallest absolute Gasteiger partial charge is 0.338 e. The Labute approximate surface area is 128 Å². The van der Waals surface area contributed by atoms with Gasteiger partial charge in [0.15, 0.2) is 0 Å². The topological polar surface area (TPSA) is 81.7 Å². The van der Waals surface area contributed by atoms with E-state index in [2.05, 4.69) is 5.32 Å². The van der Waals surface area contributed by atoms with Crippen LogP contribution in [0.3, 0.4) is 0 Å². The number of esters is 2. The zero-order valence-electron chi connectivity index (χ0n) is 12.7. The fourth-order valence-corrected chi connectivity index (χ4v) is 1.95. The van der Waals surface area contributed by atoms with E-state index in [1.807, 2.05) is 0 Å². The molecular formula is C16H19NO5. The highest BCUT2D eigenvalue weighted by Gasteiger charge is 2.30. The van der Waals surface area contributed by atoms with Crippen molar-refractivity contribution in [3.63, 3.8) is 0 Å². The molecule has 1 aliphatic rings. The average Bonchev–Trinajstić information content (AvgIpc) is 3.32. The molecule has 0 aromatic heterocycles. The van der Waals surface area contributed by atoms with Crippen LogP contribution in [0.2, 0.25) is 0 Å². The second-order valence-electron chi connectivity index (χ2n) is 5.00. The Morgan fingerprint density at radius 3 is 1.91 bits per heavy atom. The minimum Gasteiger partial charge on any atom is -0.462 e. The zero-order chi connectivity index (χ0) is 16.1.